The van der Waals surface area contributed by atoms with E-state index in [0.29, 0.717) is 19.4 Å². The summed E-state index contributed by atoms with van der Waals surface area (Å²) in [5.74, 6) is -7.55. The third-order valence-electron chi connectivity index (χ3n) is 4.05. The highest BCUT2D eigenvalue weighted by molar-refractivity contribution is 6.27. The van der Waals surface area contributed by atoms with E-state index in [9.17, 15) is 4.79 Å². The van der Waals surface area contributed by atoms with Crippen LogP contribution < -0.4 is 5.73 Å². The molecule has 2 rings (SSSR count). The SMILES string of the molecule is CCOC(=O)C1(N)CCN(Cc2ccccc2)CC1.O=C(O)C(=O)O.O=C(O)C(=O)O. The molecule has 0 bridgehead atoms. The summed E-state index contributed by atoms with van der Waals surface area (Å²) >= 11 is 0. The van der Waals surface area contributed by atoms with Gasteiger partial charge in [-0.25, -0.2) is 19.2 Å². The summed E-state index contributed by atoms with van der Waals surface area (Å²) in [7, 11) is 0. The zero-order valence-electron chi connectivity index (χ0n) is 16.9. The zero-order valence-corrected chi connectivity index (χ0v) is 16.9. The van der Waals surface area contributed by atoms with Crippen LogP contribution in [0.1, 0.15) is 25.3 Å². The van der Waals surface area contributed by atoms with Crippen LogP contribution in [0.15, 0.2) is 30.3 Å². The number of ether oxygens (including phenoxy) is 1. The number of nitrogens with two attached hydrogens (primary N) is 1. The van der Waals surface area contributed by atoms with Crippen LogP contribution in [0.4, 0.5) is 0 Å². The topological polar surface area (TPSA) is 205 Å². The van der Waals surface area contributed by atoms with Crippen molar-refractivity contribution in [2.45, 2.75) is 31.8 Å². The fourth-order valence-corrected chi connectivity index (χ4v) is 2.43. The fraction of sp³-hybridized carbons (Fsp3) is 0.421. The molecule has 0 aliphatic carbocycles. The lowest BCUT2D eigenvalue weighted by Crippen LogP contribution is -2.56. The van der Waals surface area contributed by atoms with Crippen molar-refractivity contribution < 1.29 is 49.1 Å². The van der Waals surface area contributed by atoms with Gasteiger partial charge in [-0.1, -0.05) is 30.3 Å². The van der Waals surface area contributed by atoms with Gasteiger partial charge in [-0.05, 0) is 25.3 Å². The van der Waals surface area contributed by atoms with Crippen molar-refractivity contribution in [2.24, 2.45) is 5.73 Å². The van der Waals surface area contributed by atoms with E-state index in [1.54, 1.807) is 0 Å². The second-order valence-electron chi connectivity index (χ2n) is 6.36. The van der Waals surface area contributed by atoms with E-state index in [0.717, 1.165) is 19.6 Å². The molecule has 12 nitrogen and oxygen atoms in total. The first-order chi connectivity index (χ1) is 14.4. The molecule has 31 heavy (non-hydrogen) atoms. The Morgan fingerprint density at radius 1 is 0.903 bits per heavy atom. The molecule has 0 aromatic heterocycles. The lowest BCUT2D eigenvalue weighted by atomic mass is 9.88. The van der Waals surface area contributed by atoms with Crippen LogP contribution in [0.2, 0.25) is 0 Å². The molecule has 1 fully saturated rings. The number of piperidine rings is 1. The number of likely N-dealkylation sites (tertiary alicyclic amines) is 1. The third kappa shape index (κ3) is 11.3. The van der Waals surface area contributed by atoms with E-state index in [1.165, 1.54) is 5.56 Å². The quantitative estimate of drug-likeness (QED) is 0.305. The second-order valence-corrected chi connectivity index (χ2v) is 6.36. The molecule has 6 N–H and O–H groups in total. The van der Waals surface area contributed by atoms with Crippen molar-refractivity contribution in [3.8, 4) is 0 Å². The Labute approximate surface area is 177 Å². The Balaban J connectivity index is 0.000000620. The van der Waals surface area contributed by atoms with Gasteiger partial charge in [0.05, 0.1) is 6.61 Å². The molecular formula is C19H26N2O10. The number of carboxylic acids is 4. The Kier molecular flexibility index (Phi) is 12.1. The molecule has 0 unspecified atom stereocenters. The number of esters is 1. The second kappa shape index (κ2) is 13.7. The van der Waals surface area contributed by atoms with Crippen molar-refractivity contribution in [2.75, 3.05) is 19.7 Å². The standard InChI is InChI=1S/C15H22N2O2.2C2H2O4/c1-2-19-14(18)15(16)8-10-17(11-9-15)12-13-6-4-3-5-7-13;2*3-1(4)2(5)6/h3-7H,2,8-12,16H2,1H3;2*(H,3,4)(H,5,6). The lowest BCUT2D eigenvalue weighted by Gasteiger charge is -2.37. The molecular weight excluding hydrogens is 416 g/mol. The van der Waals surface area contributed by atoms with Gasteiger partial charge < -0.3 is 30.9 Å². The van der Waals surface area contributed by atoms with Gasteiger partial charge in [-0.2, -0.15) is 0 Å². The Bertz CT molecular complexity index is 710. The summed E-state index contributed by atoms with van der Waals surface area (Å²) in [6.45, 7) is 4.80. The number of carboxylic acid groups (broad SMARTS) is 4. The first-order valence-electron chi connectivity index (χ1n) is 9.07. The van der Waals surface area contributed by atoms with Crippen LogP contribution in [0, 0.1) is 0 Å². The summed E-state index contributed by atoms with van der Waals surface area (Å²) in [6, 6.07) is 10.4. The molecule has 0 atom stereocenters. The Morgan fingerprint density at radius 2 is 1.32 bits per heavy atom. The van der Waals surface area contributed by atoms with Gasteiger partial charge in [0.15, 0.2) is 0 Å². The molecule has 1 aliphatic heterocycles. The smallest absolute Gasteiger partial charge is 0.414 e. The van der Waals surface area contributed by atoms with E-state index < -0.39 is 29.4 Å². The van der Waals surface area contributed by atoms with Crippen molar-refractivity contribution in [3.05, 3.63) is 35.9 Å². The normalized spacial score (nSPS) is 14.5. The third-order valence-corrected chi connectivity index (χ3v) is 4.05. The number of nitrogens with zero attached hydrogens (tertiary/aromatic N) is 1. The van der Waals surface area contributed by atoms with Gasteiger partial charge in [-0.15, -0.1) is 0 Å². The van der Waals surface area contributed by atoms with Crippen LogP contribution in [0.25, 0.3) is 0 Å². The highest BCUT2D eigenvalue weighted by Crippen LogP contribution is 2.22. The van der Waals surface area contributed by atoms with Gasteiger partial charge in [0.2, 0.25) is 0 Å². The largest absolute Gasteiger partial charge is 0.473 e. The Hall–Kier alpha value is -3.51. The zero-order chi connectivity index (χ0) is 24.0. The molecule has 0 amide bonds. The first kappa shape index (κ1) is 27.5. The predicted molar refractivity (Wildman–Crippen MR) is 105 cm³/mol. The maximum absolute atomic E-state index is 11.8. The van der Waals surface area contributed by atoms with Gasteiger partial charge in [0, 0.05) is 19.6 Å². The monoisotopic (exact) mass is 442 g/mol. The number of benzene rings is 1. The van der Waals surface area contributed by atoms with Crippen LogP contribution in [-0.2, 0) is 35.3 Å². The average Bonchev–Trinajstić information content (AvgIpc) is 2.71. The molecule has 0 radical (unpaired) electrons. The van der Waals surface area contributed by atoms with Crippen molar-refractivity contribution >= 4 is 29.8 Å². The van der Waals surface area contributed by atoms with Crippen LogP contribution in [-0.4, -0.2) is 80.4 Å². The molecule has 1 aliphatic rings. The van der Waals surface area contributed by atoms with Gasteiger partial charge in [0.25, 0.3) is 0 Å². The number of hydrogen-bond donors (Lipinski definition) is 5. The van der Waals surface area contributed by atoms with E-state index in [4.69, 9.17) is 50.1 Å². The van der Waals surface area contributed by atoms with Gasteiger partial charge in [0.1, 0.15) is 5.54 Å². The molecule has 1 aromatic carbocycles. The van der Waals surface area contributed by atoms with Crippen molar-refractivity contribution in [1.82, 2.24) is 4.90 Å². The molecule has 12 heteroatoms. The summed E-state index contributed by atoms with van der Waals surface area (Å²) in [6.07, 6.45) is 1.33. The predicted octanol–water partition coefficient (Wildman–Crippen LogP) is -0.146. The summed E-state index contributed by atoms with van der Waals surface area (Å²) in [5, 5.41) is 29.6. The molecule has 172 valence electrons. The molecule has 1 saturated heterocycles. The number of carbonyl (C=O) groups is 5. The maximum atomic E-state index is 11.8. The number of hydrogen-bond acceptors (Lipinski definition) is 8. The number of aliphatic carboxylic acids is 4. The number of carbonyl (C=O) groups excluding carboxylic acids is 1. The van der Waals surface area contributed by atoms with Crippen LogP contribution >= 0.6 is 0 Å². The maximum Gasteiger partial charge on any atom is 0.414 e. The molecule has 1 heterocycles. The summed E-state index contributed by atoms with van der Waals surface area (Å²) in [4.78, 5) is 50.6. The average molecular weight is 442 g/mol. The molecule has 0 saturated carbocycles. The van der Waals surface area contributed by atoms with Crippen LogP contribution in [0.3, 0.4) is 0 Å². The van der Waals surface area contributed by atoms with Gasteiger partial charge >= 0.3 is 29.8 Å². The van der Waals surface area contributed by atoms with E-state index >= 15 is 0 Å². The minimum atomic E-state index is -1.82. The summed E-state index contributed by atoms with van der Waals surface area (Å²) in [5.41, 5.74) is 6.65. The lowest BCUT2D eigenvalue weighted by molar-refractivity contribution is -0.159. The van der Waals surface area contributed by atoms with Crippen molar-refractivity contribution in [1.29, 1.82) is 0 Å². The van der Waals surface area contributed by atoms with Crippen LogP contribution in [0.5, 0.6) is 0 Å². The number of rotatable bonds is 4. The fourth-order valence-electron chi connectivity index (χ4n) is 2.43. The molecule has 0 spiro atoms. The van der Waals surface area contributed by atoms with Gasteiger partial charge in [-0.3, -0.25) is 9.69 Å². The highest BCUT2D eigenvalue weighted by atomic mass is 16.5. The van der Waals surface area contributed by atoms with E-state index in [-0.39, 0.29) is 5.97 Å². The molecule has 1 aromatic rings. The highest BCUT2D eigenvalue weighted by Gasteiger charge is 2.38. The minimum absolute atomic E-state index is 0.255. The van der Waals surface area contributed by atoms with E-state index in [1.807, 2.05) is 25.1 Å². The van der Waals surface area contributed by atoms with E-state index in [2.05, 4.69) is 17.0 Å². The Morgan fingerprint density at radius 3 is 1.68 bits per heavy atom. The summed E-state index contributed by atoms with van der Waals surface area (Å²) < 4.78 is 5.06. The van der Waals surface area contributed by atoms with Crippen molar-refractivity contribution in [3.63, 3.8) is 0 Å². The first-order valence-corrected chi connectivity index (χ1v) is 9.07. The minimum Gasteiger partial charge on any atom is -0.473 e.